The molecule has 1 amide bonds. The lowest BCUT2D eigenvalue weighted by Gasteiger charge is -2.14. The van der Waals surface area contributed by atoms with Gasteiger partial charge < -0.3 is 10.6 Å². The van der Waals surface area contributed by atoms with Crippen LogP contribution in [0.25, 0.3) is 0 Å². The van der Waals surface area contributed by atoms with Gasteiger partial charge in [-0.05, 0) is 25.3 Å². The van der Waals surface area contributed by atoms with Gasteiger partial charge in [0.05, 0.1) is 6.04 Å². The monoisotopic (exact) mass is 274 g/mol. The van der Waals surface area contributed by atoms with E-state index < -0.39 is 0 Å². The van der Waals surface area contributed by atoms with E-state index >= 15 is 0 Å². The zero-order chi connectivity index (χ0) is 14.4. The molecular weight excluding hydrogens is 248 g/mol. The van der Waals surface area contributed by atoms with E-state index in [0.717, 1.165) is 19.4 Å². The lowest BCUT2D eigenvalue weighted by atomic mass is 10.1. The maximum Gasteiger partial charge on any atom is 0.236 e. The van der Waals surface area contributed by atoms with Crippen LogP contribution in [-0.4, -0.2) is 24.5 Å². The summed E-state index contributed by atoms with van der Waals surface area (Å²) >= 11 is 0. The van der Waals surface area contributed by atoms with Crippen molar-refractivity contribution in [3.63, 3.8) is 0 Å². The van der Waals surface area contributed by atoms with Crippen molar-refractivity contribution < 1.29 is 4.79 Å². The van der Waals surface area contributed by atoms with E-state index in [1.807, 2.05) is 13.0 Å². The number of carbonyl (C=O) groups excluding carboxylic acids is 1. The third-order valence-corrected chi connectivity index (χ3v) is 3.96. The van der Waals surface area contributed by atoms with Crippen LogP contribution in [0.1, 0.15) is 51.0 Å². The van der Waals surface area contributed by atoms with E-state index in [-0.39, 0.29) is 11.9 Å². The second kappa shape index (κ2) is 7.44. The molecule has 0 spiro atoms. The Bertz CT molecular complexity index is 418. The normalized spacial score (nSPS) is 22.3. The van der Waals surface area contributed by atoms with Crippen LogP contribution in [0.4, 0.5) is 0 Å². The Morgan fingerprint density at radius 3 is 2.75 bits per heavy atom. The standard InChI is InChI=1S/C17H26N2O/c1-3-4-8-11-18-17(20)13(2)19-16-12-15(16)14-9-6-5-7-10-14/h5-7,9-10,13,15-16,19H,3-4,8,11-12H2,1-2H3,(H,18,20). The van der Waals surface area contributed by atoms with Crippen LogP contribution in [0.15, 0.2) is 30.3 Å². The van der Waals surface area contributed by atoms with E-state index in [4.69, 9.17) is 0 Å². The first-order valence-corrected chi connectivity index (χ1v) is 7.81. The summed E-state index contributed by atoms with van der Waals surface area (Å²) in [7, 11) is 0. The Morgan fingerprint density at radius 1 is 1.30 bits per heavy atom. The molecule has 1 aromatic carbocycles. The molecule has 1 fully saturated rings. The summed E-state index contributed by atoms with van der Waals surface area (Å²) in [6.07, 6.45) is 4.58. The highest BCUT2D eigenvalue weighted by Crippen LogP contribution is 2.40. The molecule has 1 saturated carbocycles. The molecule has 0 saturated heterocycles. The largest absolute Gasteiger partial charge is 0.355 e. The Hall–Kier alpha value is -1.35. The van der Waals surface area contributed by atoms with E-state index in [2.05, 4.69) is 41.8 Å². The second-order valence-electron chi connectivity index (χ2n) is 5.75. The van der Waals surface area contributed by atoms with Crippen molar-refractivity contribution in [2.45, 2.75) is 57.5 Å². The number of unbranched alkanes of at least 4 members (excludes halogenated alkanes) is 2. The molecule has 0 aromatic heterocycles. The fourth-order valence-corrected chi connectivity index (χ4v) is 2.58. The predicted molar refractivity (Wildman–Crippen MR) is 82.7 cm³/mol. The van der Waals surface area contributed by atoms with Gasteiger partial charge in [-0.25, -0.2) is 0 Å². The topological polar surface area (TPSA) is 41.1 Å². The molecule has 3 unspecified atom stereocenters. The summed E-state index contributed by atoms with van der Waals surface area (Å²) in [5.74, 6) is 0.700. The second-order valence-corrected chi connectivity index (χ2v) is 5.75. The van der Waals surface area contributed by atoms with Gasteiger partial charge >= 0.3 is 0 Å². The average Bonchev–Trinajstić information content (AvgIpc) is 3.23. The first-order valence-electron chi connectivity index (χ1n) is 7.81. The maximum absolute atomic E-state index is 11.9. The van der Waals surface area contributed by atoms with Gasteiger partial charge in [0, 0.05) is 18.5 Å². The SMILES string of the molecule is CCCCCNC(=O)C(C)NC1CC1c1ccccc1. The molecule has 3 heteroatoms. The number of amides is 1. The van der Waals surface area contributed by atoms with Gasteiger partial charge in [0.25, 0.3) is 0 Å². The van der Waals surface area contributed by atoms with Gasteiger partial charge in [-0.1, -0.05) is 50.1 Å². The van der Waals surface area contributed by atoms with Gasteiger partial charge in [-0.2, -0.15) is 0 Å². The number of nitrogens with one attached hydrogen (secondary N) is 2. The van der Waals surface area contributed by atoms with Crippen LogP contribution in [0.2, 0.25) is 0 Å². The van der Waals surface area contributed by atoms with E-state index in [0.29, 0.717) is 12.0 Å². The molecule has 0 bridgehead atoms. The lowest BCUT2D eigenvalue weighted by Crippen LogP contribution is -2.43. The number of carbonyl (C=O) groups is 1. The summed E-state index contributed by atoms with van der Waals surface area (Å²) in [6.45, 7) is 4.92. The highest BCUT2D eigenvalue weighted by molar-refractivity contribution is 5.81. The minimum Gasteiger partial charge on any atom is -0.355 e. The van der Waals surface area contributed by atoms with Gasteiger partial charge in [-0.15, -0.1) is 0 Å². The summed E-state index contributed by atoms with van der Waals surface area (Å²) < 4.78 is 0. The molecule has 0 radical (unpaired) electrons. The molecule has 3 nitrogen and oxygen atoms in total. The van der Waals surface area contributed by atoms with Crippen molar-refractivity contribution in [2.75, 3.05) is 6.54 Å². The van der Waals surface area contributed by atoms with Crippen molar-refractivity contribution in [2.24, 2.45) is 0 Å². The molecule has 2 rings (SSSR count). The van der Waals surface area contributed by atoms with Crippen LogP contribution in [-0.2, 0) is 4.79 Å². The van der Waals surface area contributed by atoms with Crippen molar-refractivity contribution in [1.82, 2.24) is 10.6 Å². The van der Waals surface area contributed by atoms with E-state index in [1.165, 1.54) is 18.4 Å². The minimum absolute atomic E-state index is 0.102. The van der Waals surface area contributed by atoms with Crippen molar-refractivity contribution in [3.8, 4) is 0 Å². The van der Waals surface area contributed by atoms with E-state index in [9.17, 15) is 4.79 Å². The molecule has 1 aliphatic carbocycles. The molecule has 20 heavy (non-hydrogen) atoms. The van der Waals surface area contributed by atoms with Crippen LogP contribution in [0, 0.1) is 0 Å². The summed E-state index contributed by atoms with van der Waals surface area (Å²) in [5, 5.41) is 6.43. The number of hydrogen-bond donors (Lipinski definition) is 2. The molecule has 3 atom stereocenters. The third kappa shape index (κ3) is 4.34. The third-order valence-electron chi connectivity index (χ3n) is 3.96. The quantitative estimate of drug-likeness (QED) is 0.716. The fraction of sp³-hybridized carbons (Fsp3) is 0.588. The van der Waals surface area contributed by atoms with Gasteiger partial charge in [0.15, 0.2) is 0 Å². The molecule has 1 aliphatic rings. The highest BCUT2D eigenvalue weighted by atomic mass is 16.2. The van der Waals surface area contributed by atoms with Crippen LogP contribution in [0.5, 0.6) is 0 Å². The van der Waals surface area contributed by atoms with Gasteiger partial charge in [-0.3, -0.25) is 4.79 Å². The zero-order valence-electron chi connectivity index (χ0n) is 12.6. The molecule has 2 N–H and O–H groups in total. The fourth-order valence-electron chi connectivity index (χ4n) is 2.58. The Kier molecular flexibility index (Phi) is 5.60. The average molecular weight is 274 g/mol. The Morgan fingerprint density at radius 2 is 2.05 bits per heavy atom. The smallest absolute Gasteiger partial charge is 0.236 e. The van der Waals surface area contributed by atoms with Gasteiger partial charge in [0.2, 0.25) is 5.91 Å². The van der Waals surface area contributed by atoms with Crippen LogP contribution < -0.4 is 10.6 Å². The van der Waals surface area contributed by atoms with Crippen LogP contribution >= 0.6 is 0 Å². The number of benzene rings is 1. The highest BCUT2D eigenvalue weighted by Gasteiger charge is 2.39. The summed E-state index contributed by atoms with van der Waals surface area (Å²) in [5.41, 5.74) is 1.38. The molecule has 1 aromatic rings. The minimum atomic E-state index is -0.102. The van der Waals surface area contributed by atoms with Crippen molar-refractivity contribution >= 4 is 5.91 Å². The Labute approximate surface area is 122 Å². The zero-order valence-corrected chi connectivity index (χ0v) is 12.6. The van der Waals surface area contributed by atoms with Crippen molar-refractivity contribution in [3.05, 3.63) is 35.9 Å². The molecule has 110 valence electrons. The lowest BCUT2D eigenvalue weighted by molar-refractivity contribution is -0.122. The number of hydrogen-bond acceptors (Lipinski definition) is 2. The van der Waals surface area contributed by atoms with E-state index in [1.54, 1.807) is 0 Å². The predicted octanol–water partition coefficient (Wildman–Crippen LogP) is 2.83. The molecular formula is C17H26N2O. The Balaban J connectivity index is 1.68. The first kappa shape index (κ1) is 15.0. The first-order chi connectivity index (χ1) is 9.72. The molecule has 0 aliphatic heterocycles. The van der Waals surface area contributed by atoms with Crippen molar-refractivity contribution in [1.29, 1.82) is 0 Å². The molecule has 0 heterocycles. The van der Waals surface area contributed by atoms with Crippen LogP contribution in [0.3, 0.4) is 0 Å². The summed E-state index contributed by atoms with van der Waals surface area (Å²) in [4.78, 5) is 11.9. The summed E-state index contributed by atoms with van der Waals surface area (Å²) in [6, 6.07) is 10.9. The van der Waals surface area contributed by atoms with Gasteiger partial charge in [0.1, 0.15) is 0 Å². The number of rotatable bonds is 8. The maximum atomic E-state index is 11.9.